The van der Waals surface area contributed by atoms with E-state index in [0.717, 1.165) is 0 Å². The van der Waals surface area contributed by atoms with Gasteiger partial charge in [0.15, 0.2) is 0 Å². The van der Waals surface area contributed by atoms with Gasteiger partial charge in [0.05, 0.1) is 25.4 Å². The van der Waals surface area contributed by atoms with Gasteiger partial charge in [-0.15, -0.1) is 0 Å². The van der Waals surface area contributed by atoms with E-state index in [1.807, 2.05) is 0 Å². The summed E-state index contributed by atoms with van der Waals surface area (Å²) in [4.78, 5) is 0. The van der Waals surface area contributed by atoms with Gasteiger partial charge in [-0.2, -0.15) is 0 Å². The van der Waals surface area contributed by atoms with Crippen LogP contribution < -0.4 is 4.72 Å². The first-order chi connectivity index (χ1) is 10.4. The van der Waals surface area contributed by atoms with Crippen LogP contribution in [-0.4, -0.2) is 51.3 Å². The Morgan fingerprint density at radius 2 is 2.09 bits per heavy atom. The maximum absolute atomic E-state index is 13.9. The normalized spacial score (nSPS) is 25.1. The third-order valence-electron chi connectivity index (χ3n) is 3.69. The van der Waals surface area contributed by atoms with E-state index in [0.29, 0.717) is 0 Å². The number of aliphatic hydroxyl groups excluding tert-OH is 1. The molecule has 0 spiro atoms. The predicted octanol–water partition coefficient (Wildman–Crippen LogP) is 0.581. The van der Waals surface area contributed by atoms with Crippen LogP contribution in [-0.2, 0) is 19.5 Å². The lowest BCUT2D eigenvalue weighted by Crippen LogP contribution is -2.45. The van der Waals surface area contributed by atoms with Crippen molar-refractivity contribution >= 4 is 10.0 Å². The Morgan fingerprint density at radius 1 is 1.41 bits per heavy atom. The van der Waals surface area contributed by atoms with Crippen LogP contribution in [0, 0.1) is 5.82 Å². The third-order valence-corrected chi connectivity index (χ3v) is 5.51. The van der Waals surface area contributed by atoms with Crippen molar-refractivity contribution in [3.63, 3.8) is 0 Å². The summed E-state index contributed by atoms with van der Waals surface area (Å²) in [5, 5.41) is 8.97. The van der Waals surface area contributed by atoms with Gasteiger partial charge >= 0.3 is 0 Å². The summed E-state index contributed by atoms with van der Waals surface area (Å²) in [7, 11) is -2.45. The fourth-order valence-corrected chi connectivity index (χ4v) is 4.16. The van der Waals surface area contributed by atoms with Gasteiger partial charge in [-0.3, -0.25) is 0 Å². The third kappa shape index (κ3) is 3.64. The number of hydrogen-bond acceptors (Lipinski definition) is 5. The van der Waals surface area contributed by atoms with Crippen LogP contribution in [0.5, 0.6) is 0 Å². The summed E-state index contributed by atoms with van der Waals surface area (Å²) >= 11 is 0. The van der Waals surface area contributed by atoms with Crippen LogP contribution in [0.4, 0.5) is 4.39 Å². The lowest BCUT2D eigenvalue weighted by Gasteiger charge is -2.25. The number of rotatable bonds is 6. The van der Waals surface area contributed by atoms with E-state index in [1.165, 1.54) is 32.2 Å². The second kappa shape index (κ2) is 7.01. The molecule has 1 aliphatic heterocycles. The van der Waals surface area contributed by atoms with Crippen molar-refractivity contribution in [2.24, 2.45) is 0 Å². The maximum atomic E-state index is 13.9. The molecule has 1 fully saturated rings. The molecule has 8 heteroatoms. The lowest BCUT2D eigenvalue weighted by molar-refractivity contribution is 0.0827. The molecule has 22 heavy (non-hydrogen) atoms. The monoisotopic (exact) mass is 333 g/mol. The molecule has 0 amide bonds. The topological polar surface area (TPSA) is 84.9 Å². The van der Waals surface area contributed by atoms with Crippen molar-refractivity contribution in [3.05, 3.63) is 35.6 Å². The zero-order valence-electron chi connectivity index (χ0n) is 12.4. The van der Waals surface area contributed by atoms with Crippen molar-refractivity contribution in [3.8, 4) is 0 Å². The zero-order valence-corrected chi connectivity index (χ0v) is 13.2. The zero-order chi connectivity index (χ0) is 16.3. The molecule has 0 radical (unpaired) electrons. The molecule has 1 aromatic carbocycles. The number of aliphatic hydroxyl groups is 1. The molecule has 0 saturated carbocycles. The number of sulfonamides is 1. The highest BCUT2D eigenvalue weighted by atomic mass is 32.2. The Kier molecular flexibility index (Phi) is 5.51. The second-order valence-electron chi connectivity index (χ2n) is 5.25. The minimum Gasteiger partial charge on any atom is -0.391 e. The van der Waals surface area contributed by atoms with E-state index in [1.54, 1.807) is 6.07 Å². The molecule has 1 saturated heterocycles. The largest absolute Gasteiger partial charge is 0.391 e. The number of hydrogen-bond donors (Lipinski definition) is 2. The van der Waals surface area contributed by atoms with Gasteiger partial charge in [0.25, 0.3) is 0 Å². The molecule has 1 heterocycles. The molecule has 2 N–H and O–H groups in total. The number of nitrogens with one attached hydrogen (secondary N) is 1. The molecule has 4 atom stereocenters. The quantitative estimate of drug-likeness (QED) is 0.795. The van der Waals surface area contributed by atoms with Crippen molar-refractivity contribution < 1.29 is 27.4 Å². The molecule has 1 aliphatic rings. The Labute approximate surface area is 129 Å². The number of methoxy groups -OCH3 is 1. The molecule has 0 bridgehead atoms. The van der Waals surface area contributed by atoms with Crippen LogP contribution in [0.15, 0.2) is 24.3 Å². The molecule has 124 valence electrons. The number of benzene rings is 1. The van der Waals surface area contributed by atoms with Crippen molar-refractivity contribution in [2.45, 2.75) is 30.4 Å². The summed E-state index contributed by atoms with van der Waals surface area (Å²) < 4.78 is 51.5. The summed E-state index contributed by atoms with van der Waals surface area (Å²) in [5.74, 6) is -0.581. The van der Waals surface area contributed by atoms with E-state index < -0.39 is 39.3 Å². The van der Waals surface area contributed by atoms with Gasteiger partial charge in [-0.25, -0.2) is 17.5 Å². The van der Waals surface area contributed by atoms with Crippen molar-refractivity contribution in [1.82, 2.24) is 4.72 Å². The molecule has 0 aliphatic carbocycles. The first kappa shape index (κ1) is 17.3. The number of halogens is 1. The van der Waals surface area contributed by atoms with Crippen LogP contribution >= 0.6 is 0 Å². The molecule has 1 aromatic rings. The van der Waals surface area contributed by atoms with Gasteiger partial charge < -0.3 is 14.6 Å². The van der Waals surface area contributed by atoms with Gasteiger partial charge in [0, 0.05) is 12.7 Å². The lowest BCUT2D eigenvalue weighted by atomic mass is 10.0. The van der Waals surface area contributed by atoms with Crippen LogP contribution in [0.1, 0.15) is 18.5 Å². The smallest absolute Gasteiger partial charge is 0.220 e. The van der Waals surface area contributed by atoms with Gasteiger partial charge in [-0.1, -0.05) is 18.2 Å². The van der Waals surface area contributed by atoms with E-state index in [2.05, 4.69) is 4.72 Å². The molecular weight excluding hydrogens is 313 g/mol. The van der Waals surface area contributed by atoms with E-state index >= 15 is 0 Å². The fraction of sp³-hybridized carbons (Fsp3) is 0.571. The van der Waals surface area contributed by atoms with Gasteiger partial charge in [-0.05, 0) is 13.0 Å². The fourth-order valence-electron chi connectivity index (χ4n) is 2.44. The SMILES string of the molecule is COC1COCC1S(=O)(=O)NC(c1ccccc1F)C(C)O. The first-order valence-corrected chi connectivity index (χ1v) is 8.45. The molecule has 2 rings (SSSR count). The average molecular weight is 333 g/mol. The first-order valence-electron chi connectivity index (χ1n) is 6.91. The van der Waals surface area contributed by atoms with Crippen LogP contribution in [0.2, 0.25) is 0 Å². The highest BCUT2D eigenvalue weighted by Gasteiger charge is 2.40. The van der Waals surface area contributed by atoms with E-state index in [-0.39, 0.29) is 18.8 Å². The van der Waals surface area contributed by atoms with E-state index in [9.17, 15) is 17.9 Å². The minimum atomic E-state index is -3.86. The van der Waals surface area contributed by atoms with Gasteiger partial charge in [0.2, 0.25) is 10.0 Å². The highest BCUT2D eigenvalue weighted by molar-refractivity contribution is 7.90. The van der Waals surface area contributed by atoms with Crippen LogP contribution in [0.25, 0.3) is 0 Å². The Hall–Kier alpha value is -1.06. The second-order valence-corrected chi connectivity index (χ2v) is 7.18. The highest BCUT2D eigenvalue weighted by Crippen LogP contribution is 2.24. The van der Waals surface area contributed by atoms with Gasteiger partial charge in [0.1, 0.15) is 17.2 Å². The van der Waals surface area contributed by atoms with E-state index in [4.69, 9.17) is 9.47 Å². The summed E-state index contributed by atoms with van der Waals surface area (Å²) in [5.41, 5.74) is 0.0916. The average Bonchev–Trinajstić information content (AvgIpc) is 2.95. The van der Waals surface area contributed by atoms with Crippen molar-refractivity contribution in [1.29, 1.82) is 0 Å². The standard InChI is InChI=1S/C14H20FNO5S/c1-9(17)14(10-5-3-4-6-11(10)15)16-22(18,19)13-8-21-7-12(13)20-2/h3-6,9,12-14,16-17H,7-8H2,1-2H3. The van der Waals surface area contributed by atoms with Crippen molar-refractivity contribution in [2.75, 3.05) is 20.3 Å². The molecule has 4 unspecified atom stereocenters. The summed E-state index contributed by atoms with van der Waals surface area (Å²) in [6, 6.07) is 4.66. The summed E-state index contributed by atoms with van der Waals surface area (Å²) in [6.07, 6.45) is -1.69. The molecular formula is C14H20FNO5S. The predicted molar refractivity (Wildman–Crippen MR) is 78.3 cm³/mol. The molecule has 6 nitrogen and oxygen atoms in total. The molecule has 0 aromatic heterocycles. The summed E-state index contributed by atoms with van der Waals surface area (Å²) in [6.45, 7) is 1.58. The Morgan fingerprint density at radius 3 is 2.68 bits per heavy atom. The maximum Gasteiger partial charge on any atom is 0.220 e. The Balaban J connectivity index is 2.26. The van der Waals surface area contributed by atoms with Crippen LogP contribution in [0.3, 0.4) is 0 Å². The Bertz CT molecular complexity index is 607. The minimum absolute atomic E-state index is 0.00234. The number of ether oxygens (including phenoxy) is 2.